The van der Waals surface area contributed by atoms with Gasteiger partial charge in [-0.15, -0.1) is 0 Å². The van der Waals surface area contributed by atoms with Crippen LogP contribution in [0.25, 0.3) is 0 Å². The van der Waals surface area contributed by atoms with Crippen molar-refractivity contribution in [2.45, 2.75) is 92.6 Å². The van der Waals surface area contributed by atoms with E-state index < -0.39 is 34.2 Å². The Morgan fingerprint density at radius 1 is 1.03 bits per heavy atom. The number of aliphatic hydroxyl groups is 1. The van der Waals surface area contributed by atoms with Gasteiger partial charge in [-0.2, -0.15) is 0 Å². The van der Waals surface area contributed by atoms with Crippen LogP contribution in [-0.2, 0) is 24.0 Å². The monoisotopic (exact) mass is 500 g/mol. The average molecular weight is 501 g/mol. The second kappa shape index (κ2) is 8.71. The van der Waals surface area contributed by atoms with Gasteiger partial charge < -0.3 is 10.2 Å². The molecule has 4 aliphatic rings. The van der Waals surface area contributed by atoms with Crippen molar-refractivity contribution in [3.63, 3.8) is 0 Å². The van der Waals surface area contributed by atoms with E-state index in [-0.39, 0.29) is 72.5 Å². The summed E-state index contributed by atoms with van der Waals surface area (Å²) in [7, 11) is 0. The molecule has 36 heavy (non-hydrogen) atoms. The number of fused-ring (bicyclic) bond motifs is 4. The molecule has 0 aliphatic heterocycles. The number of carbonyl (C=O) groups excluding carboxylic acids is 4. The summed E-state index contributed by atoms with van der Waals surface area (Å²) < 4.78 is 0. The van der Waals surface area contributed by atoms with Gasteiger partial charge in [0.1, 0.15) is 11.6 Å². The van der Waals surface area contributed by atoms with Crippen LogP contribution in [-0.4, -0.2) is 45.4 Å². The number of hydrogen-bond acceptors (Lipinski definition) is 6. The molecular formula is C29H40O7. The van der Waals surface area contributed by atoms with Gasteiger partial charge in [-0.1, -0.05) is 41.5 Å². The van der Waals surface area contributed by atoms with Crippen LogP contribution >= 0.6 is 0 Å². The molecule has 198 valence electrons. The minimum atomic E-state index is -1.01. The van der Waals surface area contributed by atoms with Crippen molar-refractivity contribution in [2.75, 3.05) is 0 Å². The highest BCUT2D eigenvalue weighted by molar-refractivity contribution is 6.12. The van der Waals surface area contributed by atoms with Crippen molar-refractivity contribution in [2.24, 2.45) is 45.8 Å². The molecule has 0 aromatic carbocycles. The van der Waals surface area contributed by atoms with E-state index in [0.717, 1.165) is 0 Å². The van der Waals surface area contributed by atoms with Gasteiger partial charge in [0.15, 0.2) is 11.6 Å². The largest absolute Gasteiger partial charge is 0.481 e. The number of allylic oxidation sites excluding steroid dienone is 1. The first-order valence-electron chi connectivity index (χ1n) is 13.4. The summed E-state index contributed by atoms with van der Waals surface area (Å²) in [5, 5.41) is 20.7. The Hall–Kier alpha value is -2.15. The Balaban J connectivity index is 1.73. The van der Waals surface area contributed by atoms with Gasteiger partial charge >= 0.3 is 5.97 Å². The van der Waals surface area contributed by atoms with Crippen molar-refractivity contribution in [3.8, 4) is 0 Å². The first-order chi connectivity index (χ1) is 16.6. The van der Waals surface area contributed by atoms with E-state index in [1.165, 1.54) is 6.92 Å². The fraction of sp³-hybridized carbons (Fsp3) is 0.759. The van der Waals surface area contributed by atoms with E-state index in [4.69, 9.17) is 5.11 Å². The number of rotatable bonds is 6. The van der Waals surface area contributed by atoms with Gasteiger partial charge in [0.05, 0.1) is 12.0 Å². The third-order valence-electron chi connectivity index (χ3n) is 11.0. The van der Waals surface area contributed by atoms with Crippen LogP contribution in [0.3, 0.4) is 0 Å². The van der Waals surface area contributed by atoms with Crippen molar-refractivity contribution in [1.29, 1.82) is 0 Å². The summed E-state index contributed by atoms with van der Waals surface area (Å²) in [5.41, 5.74) is -1.20. The highest BCUT2D eigenvalue weighted by Crippen LogP contribution is 2.70. The minimum Gasteiger partial charge on any atom is -0.481 e. The Labute approximate surface area is 213 Å². The standard InChI is InChI=1S/C29H40O7/c1-14(9-17(30)10-15(2)26(35)36)18-12-23(34)29(6)25-21(32)11-19-16(3)20(31)7-8-27(19,4)24(25)22(33)13-28(18,29)5/h14-16,18-19,23,34H,7-13H2,1-6H3,(H,35,36)/t14-,15?,16+,18-,19+,23-,27+,28-,29+/m1/s1. The predicted molar refractivity (Wildman–Crippen MR) is 132 cm³/mol. The maximum absolute atomic E-state index is 13.9. The van der Waals surface area contributed by atoms with E-state index in [1.807, 2.05) is 34.6 Å². The molecule has 2 fully saturated rings. The summed E-state index contributed by atoms with van der Waals surface area (Å²) in [6, 6.07) is 0. The normalized spacial score (nSPS) is 41.9. The van der Waals surface area contributed by atoms with Gasteiger partial charge in [0.25, 0.3) is 0 Å². The maximum atomic E-state index is 13.9. The molecule has 4 rings (SSSR count). The van der Waals surface area contributed by atoms with Crippen molar-refractivity contribution in [1.82, 2.24) is 0 Å². The molecule has 2 saturated carbocycles. The van der Waals surface area contributed by atoms with Gasteiger partial charge in [0.2, 0.25) is 0 Å². The Morgan fingerprint density at radius 3 is 2.28 bits per heavy atom. The lowest BCUT2D eigenvalue weighted by Gasteiger charge is -2.57. The molecule has 0 amide bonds. The molecule has 0 saturated heterocycles. The Bertz CT molecular complexity index is 1070. The Morgan fingerprint density at radius 2 is 1.67 bits per heavy atom. The average Bonchev–Trinajstić information content (AvgIpc) is 2.98. The molecule has 7 nitrogen and oxygen atoms in total. The molecule has 1 unspecified atom stereocenters. The number of hydrogen-bond donors (Lipinski definition) is 2. The van der Waals surface area contributed by atoms with Crippen LogP contribution in [0.1, 0.15) is 86.5 Å². The summed E-state index contributed by atoms with van der Waals surface area (Å²) in [4.78, 5) is 64.0. The molecule has 7 heteroatoms. The van der Waals surface area contributed by atoms with E-state index >= 15 is 0 Å². The lowest BCUT2D eigenvalue weighted by Crippen LogP contribution is -2.57. The highest BCUT2D eigenvalue weighted by atomic mass is 16.4. The smallest absolute Gasteiger partial charge is 0.306 e. The first-order valence-corrected chi connectivity index (χ1v) is 13.4. The van der Waals surface area contributed by atoms with Crippen molar-refractivity contribution >= 4 is 29.1 Å². The lowest BCUT2D eigenvalue weighted by atomic mass is 9.44. The number of aliphatic hydroxyl groups excluding tert-OH is 1. The second-order valence-electron chi connectivity index (χ2n) is 12.9. The number of carbonyl (C=O) groups is 5. The zero-order valence-corrected chi connectivity index (χ0v) is 22.3. The third kappa shape index (κ3) is 3.59. The number of carboxylic acid groups (broad SMARTS) is 1. The zero-order chi connectivity index (χ0) is 27.0. The van der Waals surface area contributed by atoms with Crippen LogP contribution < -0.4 is 0 Å². The molecule has 2 N–H and O–H groups in total. The van der Waals surface area contributed by atoms with Crippen molar-refractivity contribution in [3.05, 3.63) is 11.1 Å². The molecule has 0 aromatic rings. The molecule has 0 bridgehead atoms. The molecule has 0 heterocycles. The molecule has 9 atom stereocenters. The Kier molecular flexibility index (Phi) is 6.51. The van der Waals surface area contributed by atoms with Gasteiger partial charge in [-0.25, -0.2) is 0 Å². The van der Waals surface area contributed by atoms with Crippen LogP contribution in [0, 0.1) is 45.8 Å². The van der Waals surface area contributed by atoms with E-state index in [9.17, 15) is 29.1 Å². The van der Waals surface area contributed by atoms with Crippen LogP contribution in [0.15, 0.2) is 11.1 Å². The van der Waals surface area contributed by atoms with Gasteiger partial charge in [-0.05, 0) is 36.0 Å². The summed E-state index contributed by atoms with van der Waals surface area (Å²) in [5.74, 6) is -2.80. The summed E-state index contributed by atoms with van der Waals surface area (Å²) in [6.45, 7) is 11.2. The molecule has 4 aliphatic carbocycles. The van der Waals surface area contributed by atoms with Gasteiger partial charge in [0, 0.05) is 60.0 Å². The zero-order valence-electron chi connectivity index (χ0n) is 22.3. The van der Waals surface area contributed by atoms with Crippen molar-refractivity contribution < 1.29 is 34.2 Å². The second-order valence-corrected chi connectivity index (χ2v) is 12.9. The SMILES string of the molecule is CC(CC(=O)C[C@@H](C)[C@H]1C[C@@H](O)[C@@]2(C)C3=C(C(=O)C[C@]12C)[C@@]1(C)CCC(=O)[C@@H](C)[C@@H]1CC3=O)C(=O)O. The van der Waals surface area contributed by atoms with Crippen LogP contribution in [0.5, 0.6) is 0 Å². The quantitative estimate of drug-likeness (QED) is 0.565. The lowest BCUT2D eigenvalue weighted by molar-refractivity contribution is -0.143. The number of aliphatic carboxylic acids is 1. The molecular weight excluding hydrogens is 460 g/mol. The summed E-state index contributed by atoms with van der Waals surface area (Å²) in [6.07, 6.45) is 0.985. The molecule has 0 spiro atoms. The van der Waals surface area contributed by atoms with E-state index in [1.54, 1.807) is 0 Å². The first kappa shape index (κ1) is 26.9. The minimum absolute atomic E-state index is 0.0493. The molecule has 0 radical (unpaired) electrons. The number of Topliss-reactive ketones (excluding diaryl/α,β-unsaturated/α-hetero) is 4. The topological polar surface area (TPSA) is 126 Å². The molecule has 0 aromatic heterocycles. The van der Waals surface area contributed by atoms with Crippen LogP contribution in [0.2, 0.25) is 0 Å². The van der Waals surface area contributed by atoms with E-state index in [0.29, 0.717) is 30.4 Å². The summed E-state index contributed by atoms with van der Waals surface area (Å²) >= 11 is 0. The fourth-order valence-electron chi connectivity index (χ4n) is 8.58. The van der Waals surface area contributed by atoms with Crippen LogP contribution in [0.4, 0.5) is 0 Å². The number of carboxylic acids is 1. The fourth-order valence-corrected chi connectivity index (χ4v) is 8.58. The highest BCUT2D eigenvalue weighted by Gasteiger charge is 2.69. The van der Waals surface area contributed by atoms with Gasteiger partial charge in [-0.3, -0.25) is 24.0 Å². The predicted octanol–water partition coefficient (Wildman–Crippen LogP) is 3.95. The number of ketones is 4. The third-order valence-corrected chi connectivity index (χ3v) is 11.0. The maximum Gasteiger partial charge on any atom is 0.306 e. The van der Waals surface area contributed by atoms with E-state index in [2.05, 4.69) is 0 Å².